The Bertz CT molecular complexity index is 1630. The fourth-order valence-corrected chi connectivity index (χ4v) is 5.50. The van der Waals surface area contributed by atoms with E-state index in [2.05, 4.69) is 20.5 Å². The smallest absolute Gasteiger partial charge is 0.350 e. The zero-order valence-electron chi connectivity index (χ0n) is 21.0. The summed E-state index contributed by atoms with van der Waals surface area (Å²) in [7, 11) is 1.88. The molecule has 0 aliphatic carbocycles. The first-order valence-electron chi connectivity index (χ1n) is 11.9. The number of carbonyl (C=O) groups excluding carboxylic acids is 2. The maximum absolute atomic E-state index is 12.6. The number of carbonyl (C=O) groups is 2. The van der Waals surface area contributed by atoms with E-state index in [1.807, 2.05) is 72.3 Å². The molecule has 0 aliphatic heterocycles. The first-order valence-corrected chi connectivity index (χ1v) is 13.7. The van der Waals surface area contributed by atoms with Gasteiger partial charge in [-0.3, -0.25) is 4.79 Å². The SMILES string of the molecule is CCOC(=O)c1sc(NC(=O)CSc2nnc(-c3cc(-c4ccccc4)nc4ccccc34)n2C)nc1C. The highest BCUT2D eigenvalue weighted by Crippen LogP contribution is 2.32. The van der Waals surface area contributed by atoms with E-state index in [0.29, 0.717) is 26.7 Å². The molecule has 0 unspecified atom stereocenters. The van der Waals surface area contributed by atoms with Crippen molar-refractivity contribution in [2.24, 2.45) is 7.05 Å². The van der Waals surface area contributed by atoms with Gasteiger partial charge in [0.25, 0.3) is 0 Å². The molecule has 3 aromatic heterocycles. The average Bonchev–Trinajstić information content (AvgIpc) is 3.48. The van der Waals surface area contributed by atoms with Crippen molar-refractivity contribution in [3.8, 4) is 22.6 Å². The fraction of sp³-hybridized carbons (Fsp3) is 0.185. The van der Waals surface area contributed by atoms with Gasteiger partial charge in [-0.15, -0.1) is 10.2 Å². The minimum absolute atomic E-state index is 0.103. The van der Waals surface area contributed by atoms with Gasteiger partial charge in [0.1, 0.15) is 4.88 Å². The molecule has 3 heterocycles. The Kier molecular flexibility index (Phi) is 7.47. The number of ether oxygens (including phenoxy) is 1. The normalized spacial score (nSPS) is 11.0. The van der Waals surface area contributed by atoms with E-state index >= 15 is 0 Å². The van der Waals surface area contributed by atoms with Crippen molar-refractivity contribution in [3.63, 3.8) is 0 Å². The Morgan fingerprint density at radius 2 is 1.82 bits per heavy atom. The van der Waals surface area contributed by atoms with Crippen molar-refractivity contribution in [2.75, 3.05) is 17.7 Å². The molecule has 5 aromatic rings. The first-order chi connectivity index (χ1) is 18.4. The number of nitrogens with one attached hydrogen (secondary N) is 1. The lowest BCUT2D eigenvalue weighted by Gasteiger charge is -2.10. The predicted octanol–water partition coefficient (Wildman–Crippen LogP) is 5.37. The van der Waals surface area contributed by atoms with Crippen LogP contribution in [0.3, 0.4) is 0 Å². The first kappa shape index (κ1) is 25.6. The van der Waals surface area contributed by atoms with Gasteiger partial charge in [-0.2, -0.15) is 0 Å². The van der Waals surface area contributed by atoms with Crippen LogP contribution >= 0.6 is 23.1 Å². The summed E-state index contributed by atoms with van der Waals surface area (Å²) in [6, 6.07) is 19.9. The molecule has 0 saturated heterocycles. The number of benzene rings is 2. The molecule has 38 heavy (non-hydrogen) atoms. The maximum Gasteiger partial charge on any atom is 0.350 e. The van der Waals surface area contributed by atoms with Crippen LogP contribution in [0.1, 0.15) is 22.3 Å². The molecule has 0 bridgehead atoms. The lowest BCUT2D eigenvalue weighted by atomic mass is 10.0. The Morgan fingerprint density at radius 3 is 2.61 bits per heavy atom. The monoisotopic (exact) mass is 544 g/mol. The van der Waals surface area contributed by atoms with Gasteiger partial charge in [-0.05, 0) is 26.0 Å². The van der Waals surface area contributed by atoms with Crippen LogP contribution in [0.2, 0.25) is 0 Å². The summed E-state index contributed by atoms with van der Waals surface area (Å²) in [5, 5.41) is 13.5. The number of thioether (sulfide) groups is 1. The van der Waals surface area contributed by atoms with Crippen LogP contribution in [-0.4, -0.2) is 49.0 Å². The van der Waals surface area contributed by atoms with E-state index in [-0.39, 0.29) is 18.3 Å². The predicted molar refractivity (Wildman–Crippen MR) is 149 cm³/mol. The molecule has 9 nitrogen and oxygen atoms in total. The molecule has 2 aromatic carbocycles. The minimum atomic E-state index is -0.442. The lowest BCUT2D eigenvalue weighted by Crippen LogP contribution is -2.14. The quantitative estimate of drug-likeness (QED) is 0.205. The van der Waals surface area contributed by atoms with E-state index < -0.39 is 5.97 Å². The van der Waals surface area contributed by atoms with Crippen LogP contribution in [-0.2, 0) is 16.6 Å². The van der Waals surface area contributed by atoms with Crippen LogP contribution in [0.15, 0.2) is 65.8 Å². The zero-order valence-corrected chi connectivity index (χ0v) is 22.6. The largest absolute Gasteiger partial charge is 0.462 e. The number of esters is 1. The Morgan fingerprint density at radius 1 is 1.05 bits per heavy atom. The number of hydrogen-bond acceptors (Lipinski definition) is 9. The fourth-order valence-electron chi connectivity index (χ4n) is 3.91. The number of hydrogen-bond donors (Lipinski definition) is 1. The van der Waals surface area contributed by atoms with Gasteiger partial charge < -0.3 is 14.6 Å². The molecule has 1 N–H and O–H groups in total. The summed E-state index contributed by atoms with van der Waals surface area (Å²) in [4.78, 5) is 34.1. The number of aromatic nitrogens is 5. The van der Waals surface area contributed by atoms with Gasteiger partial charge in [0.15, 0.2) is 16.1 Å². The van der Waals surface area contributed by atoms with Crippen molar-refractivity contribution >= 4 is 51.0 Å². The molecule has 0 saturated carbocycles. The number of amides is 1. The van der Waals surface area contributed by atoms with Crippen molar-refractivity contribution in [1.82, 2.24) is 24.7 Å². The third-order valence-corrected chi connectivity index (χ3v) is 7.77. The highest BCUT2D eigenvalue weighted by atomic mass is 32.2. The van der Waals surface area contributed by atoms with E-state index in [1.54, 1.807) is 13.8 Å². The summed E-state index contributed by atoms with van der Waals surface area (Å²) < 4.78 is 6.91. The summed E-state index contributed by atoms with van der Waals surface area (Å²) >= 11 is 2.36. The van der Waals surface area contributed by atoms with Crippen molar-refractivity contribution < 1.29 is 14.3 Å². The molecule has 5 rings (SSSR count). The number of pyridine rings is 1. The van der Waals surface area contributed by atoms with Gasteiger partial charge in [0.2, 0.25) is 5.91 Å². The standard InChI is InChI=1S/C27H24N6O3S2/c1-4-36-25(35)23-16(2)28-26(38-23)30-22(34)15-37-27-32-31-24(33(27)3)19-14-21(17-10-6-5-7-11-17)29-20-13-9-8-12-18(19)20/h5-14H,4,15H2,1-3H3,(H,28,30,34). The molecule has 0 spiro atoms. The number of rotatable bonds is 8. The number of aryl methyl sites for hydroxylation is 1. The maximum atomic E-state index is 12.6. The number of para-hydroxylation sites is 1. The molecule has 0 fully saturated rings. The van der Waals surface area contributed by atoms with E-state index in [1.165, 1.54) is 11.8 Å². The number of anilines is 1. The van der Waals surface area contributed by atoms with E-state index in [0.717, 1.165) is 39.1 Å². The second-order valence-corrected chi connectivity index (χ2v) is 10.2. The lowest BCUT2D eigenvalue weighted by molar-refractivity contribution is -0.113. The Labute approximate surface area is 227 Å². The molecule has 11 heteroatoms. The average molecular weight is 545 g/mol. The number of nitrogens with zero attached hydrogens (tertiary/aromatic N) is 5. The molecule has 192 valence electrons. The molecule has 1 amide bonds. The third-order valence-electron chi connectivity index (χ3n) is 5.70. The highest BCUT2D eigenvalue weighted by Gasteiger charge is 2.19. The van der Waals surface area contributed by atoms with Crippen molar-refractivity contribution in [1.29, 1.82) is 0 Å². The van der Waals surface area contributed by atoms with E-state index in [9.17, 15) is 9.59 Å². The number of thiazole rings is 1. The summed E-state index contributed by atoms with van der Waals surface area (Å²) in [6.45, 7) is 3.72. The van der Waals surface area contributed by atoms with Crippen LogP contribution in [0.25, 0.3) is 33.5 Å². The van der Waals surface area contributed by atoms with Crippen molar-refractivity contribution in [2.45, 2.75) is 19.0 Å². The highest BCUT2D eigenvalue weighted by molar-refractivity contribution is 7.99. The molecule has 0 aliphatic rings. The minimum Gasteiger partial charge on any atom is -0.462 e. The van der Waals surface area contributed by atoms with E-state index in [4.69, 9.17) is 9.72 Å². The van der Waals surface area contributed by atoms with Crippen LogP contribution < -0.4 is 5.32 Å². The molecular weight excluding hydrogens is 520 g/mol. The summed E-state index contributed by atoms with van der Waals surface area (Å²) in [5.74, 6) is 0.0805. The molecule has 0 radical (unpaired) electrons. The number of fused-ring (bicyclic) bond motifs is 1. The summed E-state index contributed by atoms with van der Waals surface area (Å²) in [6.07, 6.45) is 0. The molecule has 0 atom stereocenters. The second-order valence-electron chi connectivity index (χ2n) is 8.29. The van der Waals surface area contributed by atoms with Gasteiger partial charge in [0.05, 0.1) is 29.3 Å². The van der Waals surface area contributed by atoms with Crippen LogP contribution in [0.4, 0.5) is 5.13 Å². The van der Waals surface area contributed by atoms with Gasteiger partial charge in [-0.25, -0.2) is 14.8 Å². The third kappa shape index (κ3) is 5.29. The summed E-state index contributed by atoms with van der Waals surface area (Å²) in [5.41, 5.74) is 4.15. The topological polar surface area (TPSA) is 112 Å². The zero-order chi connectivity index (χ0) is 26.6. The second kappa shape index (κ2) is 11.1. The van der Waals surface area contributed by atoms with Gasteiger partial charge >= 0.3 is 5.97 Å². The van der Waals surface area contributed by atoms with Crippen LogP contribution in [0.5, 0.6) is 0 Å². The Hall–Kier alpha value is -4.09. The molecular formula is C27H24N6O3S2. The van der Waals surface area contributed by atoms with Crippen molar-refractivity contribution in [3.05, 3.63) is 71.2 Å². The van der Waals surface area contributed by atoms with Gasteiger partial charge in [-0.1, -0.05) is 71.6 Å². The Balaban J connectivity index is 1.35. The van der Waals surface area contributed by atoms with Gasteiger partial charge in [0, 0.05) is 23.6 Å². The van der Waals surface area contributed by atoms with Crippen LogP contribution in [0, 0.1) is 6.92 Å².